The highest BCUT2D eigenvalue weighted by Gasteiger charge is 2.25. The fourth-order valence-corrected chi connectivity index (χ4v) is 4.62. The van der Waals surface area contributed by atoms with E-state index < -0.39 is 30.1 Å². The summed E-state index contributed by atoms with van der Waals surface area (Å²) in [6, 6.07) is 1.19. The molecule has 0 spiro atoms. The number of primary amides is 1. The van der Waals surface area contributed by atoms with Crippen LogP contribution in [0.25, 0.3) is 0 Å². The van der Waals surface area contributed by atoms with Crippen LogP contribution in [0.1, 0.15) is 59.9 Å². The number of aliphatic hydroxyl groups excluding tert-OH is 1. The van der Waals surface area contributed by atoms with Crippen LogP contribution in [-0.2, 0) is 20.7 Å². The SMILES string of the molecule is CC(=O)Nc1c(O)cc2c(O)c1CC(C)CCC(O)C(C)C=C(C)C(OC(N)=O)C(C)C=CC=C(C)C(=O)N2. The predicted molar refractivity (Wildman–Crippen MR) is 150 cm³/mol. The van der Waals surface area contributed by atoms with Gasteiger partial charge in [0, 0.05) is 36.0 Å². The van der Waals surface area contributed by atoms with Crippen LogP contribution in [0.3, 0.4) is 0 Å². The second-order valence-corrected chi connectivity index (χ2v) is 10.5. The third-order valence-electron chi connectivity index (χ3n) is 6.86. The second kappa shape index (κ2) is 13.8. The number of aromatic hydroxyl groups is 2. The van der Waals surface area contributed by atoms with Crippen molar-refractivity contribution in [3.8, 4) is 11.5 Å². The highest BCUT2D eigenvalue weighted by molar-refractivity contribution is 6.05. The number of nitrogens with two attached hydrogens (primary N) is 1. The smallest absolute Gasteiger partial charge is 0.405 e. The standard InChI is InChI=1S/C29H41N3O7/c1-15-10-11-23(34)18(4)13-19(5)27(39-29(30)38)16(2)8-7-9-17(3)28(37)32-22-14-24(35)25(31-20(6)33)21(12-15)26(22)36/h7-9,13-16,18,23,27,34-36H,10-12H2,1-6H3,(H2,30,38)(H,31,33)(H,32,37). The van der Waals surface area contributed by atoms with Gasteiger partial charge in [0.2, 0.25) is 5.91 Å². The molecule has 39 heavy (non-hydrogen) atoms. The van der Waals surface area contributed by atoms with E-state index in [-0.39, 0.29) is 52.6 Å². The highest BCUT2D eigenvalue weighted by atomic mass is 16.6. The van der Waals surface area contributed by atoms with Crippen molar-refractivity contribution in [1.29, 1.82) is 0 Å². The molecule has 0 saturated heterocycles. The number of hydrogen-bond acceptors (Lipinski definition) is 7. The molecule has 1 aromatic rings. The first-order valence-electron chi connectivity index (χ1n) is 13.1. The summed E-state index contributed by atoms with van der Waals surface area (Å²) < 4.78 is 5.37. The third-order valence-corrected chi connectivity index (χ3v) is 6.86. The van der Waals surface area contributed by atoms with Crippen molar-refractivity contribution >= 4 is 29.3 Å². The molecule has 10 nitrogen and oxygen atoms in total. The van der Waals surface area contributed by atoms with Gasteiger partial charge < -0.3 is 36.4 Å². The Labute approximate surface area is 229 Å². The summed E-state index contributed by atoms with van der Waals surface area (Å²) >= 11 is 0. The van der Waals surface area contributed by atoms with Gasteiger partial charge in [0.1, 0.15) is 17.6 Å². The van der Waals surface area contributed by atoms with Crippen molar-refractivity contribution in [1.82, 2.24) is 0 Å². The number of phenols is 2. The van der Waals surface area contributed by atoms with Crippen molar-refractivity contribution in [2.75, 3.05) is 10.6 Å². The number of carbonyl (C=O) groups is 3. The number of anilines is 2. The van der Waals surface area contributed by atoms with E-state index in [9.17, 15) is 29.7 Å². The zero-order chi connectivity index (χ0) is 29.4. The van der Waals surface area contributed by atoms with Crippen LogP contribution in [0.15, 0.2) is 41.5 Å². The van der Waals surface area contributed by atoms with Crippen molar-refractivity contribution in [3.05, 3.63) is 47.1 Å². The summed E-state index contributed by atoms with van der Waals surface area (Å²) in [7, 11) is 0. The third kappa shape index (κ3) is 8.88. The minimum Gasteiger partial charge on any atom is -0.506 e. The van der Waals surface area contributed by atoms with E-state index in [1.807, 2.05) is 33.8 Å². The normalized spacial score (nSPS) is 25.2. The molecule has 2 bridgehead atoms. The molecule has 2 rings (SSSR count). The number of phenolic OH excluding ortho intramolecular Hbond substituents is 2. The molecule has 5 atom stereocenters. The number of aliphatic hydroxyl groups is 1. The number of allylic oxidation sites excluding steroid dienone is 2. The molecular weight excluding hydrogens is 502 g/mol. The number of carbonyl (C=O) groups excluding carboxylic acids is 3. The van der Waals surface area contributed by atoms with E-state index in [1.165, 1.54) is 13.0 Å². The fraction of sp³-hybridized carbons (Fsp3) is 0.483. The van der Waals surface area contributed by atoms with Gasteiger partial charge in [0.15, 0.2) is 0 Å². The van der Waals surface area contributed by atoms with E-state index in [0.717, 1.165) is 5.57 Å². The zero-order valence-corrected chi connectivity index (χ0v) is 23.4. The van der Waals surface area contributed by atoms with Crippen LogP contribution >= 0.6 is 0 Å². The Hall–Kier alpha value is -3.79. The molecule has 5 unspecified atom stereocenters. The molecule has 0 aliphatic carbocycles. The largest absolute Gasteiger partial charge is 0.506 e. The molecule has 1 aromatic carbocycles. The molecule has 10 heteroatoms. The first-order chi connectivity index (χ1) is 18.2. The second-order valence-electron chi connectivity index (χ2n) is 10.5. The number of nitrogens with one attached hydrogen (secondary N) is 2. The zero-order valence-electron chi connectivity index (χ0n) is 23.4. The van der Waals surface area contributed by atoms with Crippen molar-refractivity contribution < 1.29 is 34.4 Å². The van der Waals surface area contributed by atoms with Crippen LogP contribution in [0.5, 0.6) is 11.5 Å². The lowest BCUT2D eigenvalue weighted by atomic mass is 9.89. The van der Waals surface area contributed by atoms with Gasteiger partial charge in [0.05, 0.1) is 17.5 Å². The average molecular weight is 544 g/mol. The Morgan fingerprint density at radius 2 is 1.79 bits per heavy atom. The van der Waals surface area contributed by atoms with Gasteiger partial charge in [-0.1, -0.05) is 45.1 Å². The summed E-state index contributed by atoms with van der Waals surface area (Å²) in [6.45, 7) is 10.3. The van der Waals surface area contributed by atoms with E-state index in [1.54, 1.807) is 25.2 Å². The lowest BCUT2D eigenvalue weighted by molar-refractivity contribution is -0.114. The van der Waals surface area contributed by atoms with E-state index in [0.29, 0.717) is 18.4 Å². The van der Waals surface area contributed by atoms with Gasteiger partial charge in [-0.3, -0.25) is 9.59 Å². The Morgan fingerprint density at radius 3 is 2.41 bits per heavy atom. The summed E-state index contributed by atoms with van der Waals surface area (Å²) in [6.07, 6.45) is 5.84. The van der Waals surface area contributed by atoms with Crippen molar-refractivity contribution in [2.24, 2.45) is 23.5 Å². The molecule has 214 valence electrons. The Kier molecular flexibility index (Phi) is 11.2. The summed E-state index contributed by atoms with van der Waals surface area (Å²) in [4.78, 5) is 36.2. The number of amides is 3. The van der Waals surface area contributed by atoms with Crippen LogP contribution < -0.4 is 16.4 Å². The van der Waals surface area contributed by atoms with E-state index >= 15 is 0 Å². The van der Waals surface area contributed by atoms with Crippen molar-refractivity contribution in [2.45, 2.75) is 73.0 Å². The first kappa shape index (κ1) is 31.4. The Morgan fingerprint density at radius 1 is 1.13 bits per heavy atom. The number of benzene rings is 1. The number of fused-ring (bicyclic) bond motifs is 2. The number of ether oxygens (including phenoxy) is 1. The number of hydrogen-bond donors (Lipinski definition) is 6. The maximum absolute atomic E-state index is 12.9. The van der Waals surface area contributed by atoms with Gasteiger partial charge in [0.25, 0.3) is 5.91 Å². The first-order valence-corrected chi connectivity index (χ1v) is 13.1. The van der Waals surface area contributed by atoms with Gasteiger partial charge in [-0.05, 0) is 44.6 Å². The predicted octanol–water partition coefficient (Wildman–Crippen LogP) is 4.51. The quantitative estimate of drug-likeness (QED) is 0.181. The maximum atomic E-state index is 12.9. The maximum Gasteiger partial charge on any atom is 0.405 e. The lowest BCUT2D eigenvalue weighted by Gasteiger charge is -2.25. The van der Waals surface area contributed by atoms with Gasteiger partial charge in [-0.25, -0.2) is 4.79 Å². The Balaban J connectivity index is 2.56. The van der Waals surface area contributed by atoms with Crippen LogP contribution in [0.4, 0.5) is 16.2 Å². The number of rotatable bonds is 2. The van der Waals surface area contributed by atoms with E-state index in [4.69, 9.17) is 10.5 Å². The van der Waals surface area contributed by atoms with Gasteiger partial charge in [-0.15, -0.1) is 0 Å². The van der Waals surface area contributed by atoms with E-state index in [2.05, 4.69) is 10.6 Å². The summed E-state index contributed by atoms with van der Waals surface area (Å²) in [5.41, 5.74) is 6.72. The molecule has 1 aliphatic heterocycles. The molecule has 7 N–H and O–H groups in total. The minimum atomic E-state index is -0.914. The van der Waals surface area contributed by atoms with Crippen molar-refractivity contribution in [3.63, 3.8) is 0 Å². The van der Waals surface area contributed by atoms with Crippen LogP contribution in [0.2, 0.25) is 0 Å². The lowest BCUT2D eigenvalue weighted by Crippen LogP contribution is -2.29. The fourth-order valence-electron chi connectivity index (χ4n) is 4.62. The van der Waals surface area contributed by atoms with Gasteiger partial charge >= 0.3 is 6.09 Å². The van der Waals surface area contributed by atoms with Crippen LogP contribution in [0, 0.1) is 17.8 Å². The molecule has 3 amide bonds. The van der Waals surface area contributed by atoms with Gasteiger partial charge in [-0.2, -0.15) is 0 Å². The molecule has 1 heterocycles. The Bertz CT molecular complexity index is 1170. The molecule has 0 radical (unpaired) electrons. The molecule has 0 aromatic heterocycles. The van der Waals surface area contributed by atoms with Crippen LogP contribution in [-0.4, -0.2) is 45.4 Å². The topological polar surface area (TPSA) is 171 Å². The average Bonchev–Trinajstić information content (AvgIpc) is 2.84. The summed E-state index contributed by atoms with van der Waals surface area (Å²) in [5.74, 6) is -2.11. The monoisotopic (exact) mass is 543 g/mol. The molecular formula is C29H41N3O7. The molecule has 1 aliphatic rings. The summed E-state index contributed by atoms with van der Waals surface area (Å²) in [5, 5.41) is 37.8. The highest BCUT2D eigenvalue weighted by Crippen LogP contribution is 2.42. The molecule has 0 fully saturated rings. The minimum absolute atomic E-state index is 0.000204. The molecule has 0 saturated carbocycles.